The smallest absolute Gasteiger partial charge is 0.146 e. The van der Waals surface area contributed by atoms with E-state index in [4.69, 9.17) is 68.6 Å². The fourth-order valence-electron chi connectivity index (χ4n) is 8.66. The Balaban J connectivity index is 1.50. The monoisotopic (exact) mass is 920 g/mol. The van der Waals surface area contributed by atoms with Crippen LogP contribution in [0.2, 0.25) is 0 Å². The Labute approximate surface area is 399 Å². The van der Waals surface area contributed by atoms with Crippen molar-refractivity contribution in [3.8, 4) is 33.4 Å². The van der Waals surface area contributed by atoms with Gasteiger partial charge in [0, 0.05) is 28.4 Å². The van der Waals surface area contributed by atoms with Crippen LogP contribution in [-0.4, -0.2) is 55.6 Å². The zero-order valence-corrected chi connectivity index (χ0v) is 40.7. The van der Waals surface area contributed by atoms with Crippen LogP contribution in [0.5, 0.6) is 0 Å². The highest BCUT2D eigenvalue weighted by Crippen LogP contribution is 2.44. The molecule has 0 saturated carbocycles. The van der Waals surface area contributed by atoms with Gasteiger partial charge in [0.15, 0.2) is 0 Å². The highest BCUT2D eigenvalue weighted by Gasteiger charge is 2.20. The summed E-state index contributed by atoms with van der Waals surface area (Å²) in [6, 6.07) is 28.5. The first-order valence-electron chi connectivity index (χ1n) is 22.3. The standard InChI is InChI=1S/C54H60N6O8/c1-33-11-35(3)53-37(5)51(33)52-34(2)12-36(4)54(38(52)6)60-58-50-20-42(28-68-32-64-10)16-46(24-50)44-14-40(26-66-30-62-8)18-48(22-44)56-55-47-17-39(25-65-29-61-7)13-43(21-47)45-15-41(27-67-31-63-9)19-49(23-45)57-59-53/h11-24H,25-32H2,1-10H3. The summed E-state index contributed by atoms with van der Waals surface area (Å²) in [7, 11) is 6.39. The molecule has 6 aromatic rings. The molecular weight excluding hydrogens is 861 g/mol. The Morgan fingerprint density at radius 3 is 0.838 bits per heavy atom. The van der Waals surface area contributed by atoms with Gasteiger partial charge in [-0.1, -0.05) is 12.1 Å². The lowest BCUT2D eigenvalue weighted by Crippen LogP contribution is -1.98. The van der Waals surface area contributed by atoms with Crippen molar-refractivity contribution in [3.05, 3.63) is 141 Å². The molecule has 0 amide bonds. The Morgan fingerprint density at radius 1 is 0.309 bits per heavy atom. The molecule has 0 aliphatic carbocycles. The normalized spacial score (nSPS) is 12.1. The average Bonchev–Trinajstić information content (AvgIpc) is 3.31. The van der Waals surface area contributed by atoms with Gasteiger partial charge in [0.25, 0.3) is 0 Å². The van der Waals surface area contributed by atoms with E-state index in [0.29, 0.717) is 36.0 Å². The summed E-state index contributed by atoms with van der Waals surface area (Å²) < 4.78 is 44.3. The van der Waals surface area contributed by atoms with Gasteiger partial charge in [-0.05, 0) is 203 Å². The molecule has 1 aliphatic rings. The summed E-state index contributed by atoms with van der Waals surface area (Å²) in [6.07, 6.45) is 0. The zero-order chi connectivity index (χ0) is 48.2. The molecule has 354 valence electrons. The molecule has 14 heteroatoms. The quantitative estimate of drug-likeness (QED) is 0.0687. The maximum atomic E-state index is 5.85. The minimum absolute atomic E-state index is 0.130. The van der Waals surface area contributed by atoms with E-state index in [1.54, 1.807) is 28.4 Å². The molecule has 0 fully saturated rings. The van der Waals surface area contributed by atoms with Gasteiger partial charge in [-0.25, -0.2) is 0 Å². The Kier molecular flexibility index (Phi) is 17.3. The van der Waals surface area contributed by atoms with Crippen molar-refractivity contribution in [2.45, 2.75) is 68.0 Å². The number of benzene rings is 6. The van der Waals surface area contributed by atoms with Gasteiger partial charge < -0.3 is 37.9 Å². The first kappa shape index (κ1) is 49.7. The van der Waals surface area contributed by atoms with E-state index in [0.717, 1.165) is 100 Å². The van der Waals surface area contributed by atoms with Gasteiger partial charge in [-0.2, -0.15) is 20.5 Å². The summed E-state index contributed by atoms with van der Waals surface area (Å²) in [6.45, 7) is 14.4. The van der Waals surface area contributed by atoms with Gasteiger partial charge in [0.05, 0.1) is 60.6 Å². The summed E-state index contributed by atoms with van der Waals surface area (Å²) in [5.74, 6) is 0. The zero-order valence-electron chi connectivity index (χ0n) is 40.7. The van der Waals surface area contributed by atoms with E-state index in [1.807, 2.05) is 48.5 Å². The van der Waals surface area contributed by atoms with Crippen molar-refractivity contribution in [2.75, 3.05) is 55.6 Å². The predicted octanol–water partition coefficient (Wildman–Crippen LogP) is 14.6. The van der Waals surface area contributed by atoms with Crippen molar-refractivity contribution in [2.24, 2.45) is 30.7 Å². The summed E-state index contributed by atoms with van der Waals surface area (Å²) in [4.78, 5) is 0. The molecule has 0 radical (unpaired) electrons. The fourth-order valence-corrected chi connectivity index (χ4v) is 8.66. The number of hydrogen-bond acceptors (Lipinski definition) is 14. The maximum Gasteiger partial charge on any atom is 0.146 e. The molecule has 0 atom stereocenters. The molecule has 0 N–H and O–H groups in total. The first-order chi connectivity index (χ1) is 33.0. The molecule has 68 heavy (non-hydrogen) atoms. The van der Waals surface area contributed by atoms with Gasteiger partial charge in [-0.3, -0.25) is 0 Å². The van der Waals surface area contributed by atoms with Crippen molar-refractivity contribution in [1.29, 1.82) is 0 Å². The molecule has 0 saturated heterocycles. The molecule has 7 rings (SSSR count). The SMILES string of the molecule is COCOCc1cc2cc(c1)-c1cc(COCOC)cc(c1)N=Nc1c(C)cc(C)c(c1C)-c1c(C)cc(C)c(c1C)N=Nc1cc(COCOC)cc(c1)-c1cc(COCOC)cc(c1)N=N2. The van der Waals surface area contributed by atoms with E-state index < -0.39 is 0 Å². The third-order valence-electron chi connectivity index (χ3n) is 11.4. The second-order valence-electron chi connectivity index (χ2n) is 16.9. The summed E-state index contributed by atoms with van der Waals surface area (Å²) >= 11 is 0. The van der Waals surface area contributed by atoms with Gasteiger partial charge in [0.2, 0.25) is 0 Å². The molecule has 14 nitrogen and oxygen atoms in total. The van der Waals surface area contributed by atoms with Crippen LogP contribution >= 0.6 is 0 Å². The number of ether oxygens (including phenoxy) is 8. The molecule has 0 spiro atoms. The van der Waals surface area contributed by atoms with Crippen LogP contribution in [0.3, 0.4) is 0 Å². The van der Waals surface area contributed by atoms with E-state index >= 15 is 0 Å². The topological polar surface area (TPSA) is 148 Å². The Morgan fingerprint density at radius 2 is 0.574 bits per heavy atom. The van der Waals surface area contributed by atoms with Crippen LogP contribution in [0.15, 0.2) is 116 Å². The summed E-state index contributed by atoms with van der Waals surface area (Å²) in [5, 5.41) is 29.5. The van der Waals surface area contributed by atoms with Crippen molar-refractivity contribution >= 4 is 34.1 Å². The van der Waals surface area contributed by atoms with Crippen LogP contribution < -0.4 is 0 Å². The number of aryl methyl sites for hydroxylation is 4. The van der Waals surface area contributed by atoms with Crippen molar-refractivity contribution in [1.82, 2.24) is 0 Å². The number of rotatable bonds is 16. The van der Waals surface area contributed by atoms with Gasteiger partial charge >= 0.3 is 0 Å². The fraction of sp³-hybridized carbons (Fsp3) is 0.333. The molecule has 12 bridgehead atoms. The predicted molar refractivity (Wildman–Crippen MR) is 263 cm³/mol. The highest BCUT2D eigenvalue weighted by molar-refractivity contribution is 5.85. The second kappa shape index (κ2) is 23.7. The molecule has 1 aliphatic heterocycles. The van der Waals surface area contributed by atoms with Gasteiger partial charge in [-0.15, -0.1) is 10.2 Å². The third kappa shape index (κ3) is 12.5. The lowest BCUT2D eigenvalue weighted by atomic mass is 9.86. The molecular formula is C54H60N6O8. The first-order valence-corrected chi connectivity index (χ1v) is 22.3. The minimum Gasteiger partial charge on any atom is -0.359 e. The second-order valence-corrected chi connectivity index (χ2v) is 16.9. The van der Waals surface area contributed by atoms with Gasteiger partial charge in [0.1, 0.15) is 27.2 Å². The molecule has 0 aromatic heterocycles. The van der Waals surface area contributed by atoms with Crippen LogP contribution in [0.25, 0.3) is 33.4 Å². The van der Waals surface area contributed by atoms with Crippen LogP contribution in [0.4, 0.5) is 34.1 Å². The lowest BCUT2D eigenvalue weighted by Gasteiger charge is -2.20. The van der Waals surface area contributed by atoms with Crippen LogP contribution in [0.1, 0.15) is 55.6 Å². The third-order valence-corrected chi connectivity index (χ3v) is 11.4. The molecule has 0 unspecified atom stereocenters. The Hall–Kier alpha value is -6.20. The number of methoxy groups -OCH3 is 4. The lowest BCUT2D eigenvalue weighted by molar-refractivity contribution is -0.0391. The minimum atomic E-state index is 0.130. The van der Waals surface area contributed by atoms with E-state index in [2.05, 4.69) is 77.9 Å². The maximum absolute atomic E-state index is 5.85. The molecule has 1 heterocycles. The van der Waals surface area contributed by atoms with E-state index in [-0.39, 0.29) is 40.4 Å². The number of nitrogens with zero attached hydrogens (tertiary/aromatic N) is 6. The number of azo groups is 3. The average molecular weight is 921 g/mol. The number of hydrogen-bond donors (Lipinski definition) is 0. The van der Waals surface area contributed by atoms with Crippen LogP contribution in [0, 0.1) is 41.5 Å². The highest BCUT2D eigenvalue weighted by atomic mass is 16.7. The van der Waals surface area contributed by atoms with Crippen LogP contribution in [-0.2, 0) is 64.3 Å². The van der Waals surface area contributed by atoms with Crippen molar-refractivity contribution in [3.63, 3.8) is 0 Å². The largest absolute Gasteiger partial charge is 0.359 e. The molecule has 6 aromatic carbocycles. The van der Waals surface area contributed by atoms with Crippen molar-refractivity contribution < 1.29 is 37.9 Å². The van der Waals surface area contributed by atoms with E-state index in [1.165, 1.54) is 0 Å². The summed E-state index contributed by atoms with van der Waals surface area (Å²) in [5.41, 5.74) is 19.7. The number of fused-ring (bicyclic) bond motifs is 15. The van der Waals surface area contributed by atoms with E-state index in [9.17, 15) is 0 Å². The Bertz CT molecular complexity index is 2650.